The number of rotatable bonds is 3. The van der Waals surface area contributed by atoms with Gasteiger partial charge in [0, 0.05) is 25.9 Å². The molecule has 0 radical (unpaired) electrons. The van der Waals surface area contributed by atoms with Gasteiger partial charge in [0.25, 0.3) is 5.91 Å². The molecule has 2 aliphatic heterocycles. The SMILES string of the molecule is CCc1c(C(=O)N2CCC3(CC2)OCCO3)cnn1-c1ccc(F)cc1. The molecule has 0 bridgehead atoms. The van der Waals surface area contributed by atoms with Crippen molar-refractivity contribution in [1.82, 2.24) is 14.7 Å². The zero-order valence-corrected chi connectivity index (χ0v) is 14.8. The minimum Gasteiger partial charge on any atom is -0.347 e. The lowest BCUT2D eigenvalue weighted by molar-refractivity contribution is -0.181. The largest absolute Gasteiger partial charge is 0.347 e. The lowest BCUT2D eigenvalue weighted by Crippen LogP contribution is -2.47. The van der Waals surface area contributed by atoms with Gasteiger partial charge in [-0.2, -0.15) is 5.10 Å². The van der Waals surface area contributed by atoms with E-state index in [0.717, 1.165) is 11.4 Å². The Kier molecular flexibility index (Phi) is 4.50. The van der Waals surface area contributed by atoms with Crippen molar-refractivity contribution >= 4 is 5.91 Å². The van der Waals surface area contributed by atoms with E-state index in [-0.39, 0.29) is 11.7 Å². The van der Waals surface area contributed by atoms with Crippen LogP contribution in [0.3, 0.4) is 0 Å². The molecule has 2 aromatic rings. The van der Waals surface area contributed by atoms with Crippen LogP contribution in [0, 0.1) is 5.82 Å². The summed E-state index contributed by atoms with van der Waals surface area (Å²) in [6.07, 6.45) is 3.64. The van der Waals surface area contributed by atoms with Gasteiger partial charge in [0.1, 0.15) is 5.82 Å². The predicted octanol–water partition coefficient (Wildman–Crippen LogP) is 2.55. The molecule has 2 aliphatic rings. The van der Waals surface area contributed by atoms with Gasteiger partial charge < -0.3 is 14.4 Å². The number of carbonyl (C=O) groups is 1. The predicted molar refractivity (Wildman–Crippen MR) is 92.7 cm³/mol. The van der Waals surface area contributed by atoms with Gasteiger partial charge >= 0.3 is 0 Å². The van der Waals surface area contributed by atoms with Crippen molar-refractivity contribution < 1.29 is 18.7 Å². The third-order valence-corrected chi connectivity index (χ3v) is 5.13. The first kappa shape index (κ1) is 17.2. The molecule has 1 amide bonds. The summed E-state index contributed by atoms with van der Waals surface area (Å²) in [5, 5.41) is 4.37. The van der Waals surface area contributed by atoms with Gasteiger partial charge in [0.15, 0.2) is 5.79 Å². The zero-order chi connectivity index (χ0) is 18.1. The zero-order valence-electron chi connectivity index (χ0n) is 14.8. The van der Waals surface area contributed by atoms with Crippen molar-refractivity contribution in [1.29, 1.82) is 0 Å². The van der Waals surface area contributed by atoms with Crippen LogP contribution in [-0.4, -0.2) is 52.7 Å². The topological polar surface area (TPSA) is 56.6 Å². The number of piperidine rings is 1. The number of hydrogen-bond acceptors (Lipinski definition) is 4. The minimum atomic E-state index is -0.497. The molecule has 4 rings (SSSR count). The molecule has 1 aromatic heterocycles. The van der Waals surface area contributed by atoms with Gasteiger partial charge in [-0.1, -0.05) is 6.92 Å². The van der Waals surface area contributed by atoms with Gasteiger partial charge in [-0.25, -0.2) is 9.07 Å². The number of aromatic nitrogens is 2. The Balaban J connectivity index is 1.54. The Morgan fingerprint density at radius 3 is 2.46 bits per heavy atom. The van der Waals surface area contributed by atoms with Gasteiger partial charge in [0.05, 0.1) is 36.4 Å². The Bertz CT molecular complexity index is 787. The van der Waals surface area contributed by atoms with Crippen molar-refractivity contribution in [3.8, 4) is 5.69 Å². The first-order valence-electron chi connectivity index (χ1n) is 9.02. The van der Waals surface area contributed by atoms with Crippen LogP contribution in [0.25, 0.3) is 5.69 Å². The summed E-state index contributed by atoms with van der Waals surface area (Å²) < 4.78 is 26.3. The van der Waals surface area contributed by atoms with Gasteiger partial charge in [-0.3, -0.25) is 4.79 Å². The quantitative estimate of drug-likeness (QED) is 0.845. The molecule has 1 aromatic carbocycles. The summed E-state index contributed by atoms with van der Waals surface area (Å²) in [5.41, 5.74) is 2.17. The Hall–Kier alpha value is -2.25. The second kappa shape index (κ2) is 6.81. The van der Waals surface area contributed by atoms with Gasteiger partial charge in [-0.15, -0.1) is 0 Å². The van der Waals surface area contributed by atoms with Crippen molar-refractivity contribution in [2.75, 3.05) is 26.3 Å². The third-order valence-electron chi connectivity index (χ3n) is 5.13. The average Bonchev–Trinajstić information content (AvgIpc) is 3.29. The van der Waals surface area contributed by atoms with Crippen LogP contribution in [0.1, 0.15) is 35.8 Å². The molecule has 0 atom stereocenters. The van der Waals surface area contributed by atoms with Crippen LogP contribution in [0.4, 0.5) is 4.39 Å². The number of benzene rings is 1. The molecular weight excluding hydrogens is 337 g/mol. The number of carbonyl (C=O) groups excluding carboxylic acids is 1. The summed E-state index contributed by atoms with van der Waals surface area (Å²) in [6.45, 7) is 4.43. The molecule has 0 N–H and O–H groups in total. The Labute approximate surface area is 151 Å². The van der Waals surface area contributed by atoms with Crippen LogP contribution < -0.4 is 0 Å². The monoisotopic (exact) mass is 359 g/mol. The van der Waals surface area contributed by atoms with E-state index in [1.807, 2.05) is 11.8 Å². The van der Waals surface area contributed by atoms with Gasteiger partial charge in [-0.05, 0) is 30.7 Å². The first-order chi connectivity index (χ1) is 12.6. The number of nitrogens with zero attached hydrogens (tertiary/aromatic N) is 3. The Morgan fingerprint density at radius 1 is 1.19 bits per heavy atom. The summed E-state index contributed by atoms with van der Waals surface area (Å²) in [6, 6.07) is 6.11. The summed E-state index contributed by atoms with van der Waals surface area (Å²) in [7, 11) is 0. The van der Waals surface area contributed by atoms with E-state index in [1.165, 1.54) is 12.1 Å². The number of likely N-dealkylation sites (tertiary alicyclic amines) is 1. The fourth-order valence-electron chi connectivity index (χ4n) is 3.70. The van der Waals surface area contributed by atoms with Crippen LogP contribution in [-0.2, 0) is 15.9 Å². The van der Waals surface area contributed by atoms with E-state index in [9.17, 15) is 9.18 Å². The van der Waals surface area contributed by atoms with Crippen molar-refractivity contribution in [2.45, 2.75) is 32.0 Å². The van der Waals surface area contributed by atoms with E-state index in [1.54, 1.807) is 23.0 Å². The average molecular weight is 359 g/mol. The maximum absolute atomic E-state index is 13.2. The molecule has 138 valence electrons. The van der Waals surface area contributed by atoms with E-state index in [4.69, 9.17) is 9.47 Å². The highest BCUT2D eigenvalue weighted by Gasteiger charge is 2.41. The summed E-state index contributed by atoms with van der Waals surface area (Å²) >= 11 is 0. The molecule has 0 unspecified atom stereocenters. The van der Waals surface area contributed by atoms with Gasteiger partial charge in [0.2, 0.25) is 0 Å². The van der Waals surface area contributed by atoms with Crippen molar-refractivity contribution in [2.24, 2.45) is 0 Å². The molecule has 0 aliphatic carbocycles. The molecule has 1 spiro atoms. The minimum absolute atomic E-state index is 0.0249. The first-order valence-corrected chi connectivity index (χ1v) is 9.02. The second-order valence-electron chi connectivity index (χ2n) is 6.65. The van der Waals surface area contributed by atoms with Crippen molar-refractivity contribution in [3.05, 3.63) is 47.5 Å². The number of ether oxygens (including phenoxy) is 2. The van der Waals surface area contributed by atoms with Crippen LogP contribution >= 0.6 is 0 Å². The summed E-state index contributed by atoms with van der Waals surface area (Å²) in [5.74, 6) is -0.820. The lowest BCUT2D eigenvalue weighted by atomic mass is 10.0. The number of amides is 1. The maximum atomic E-state index is 13.2. The molecule has 0 saturated carbocycles. The van der Waals surface area contributed by atoms with E-state index in [0.29, 0.717) is 51.1 Å². The maximum Gasteiger partial charge on any atom is 0.257 e. The fraction of sp³-hybridized carbons (Fsp3) is 0.474. The Morgan fingerprint density at radius 2 is 1.85 bits per heavy atom. The van der Waals surface area contributed by atoms with Crippen LogP contribution in [0.15, 0.2) is 30.5 Å². The van der Waals surface area contributed by atoms with E-state index in [2.05, 4.69) is 5.10 Å². The normalized spacial score (nSPS) is 19.2. The van der Waals surface area contributed by atoms with E-state index >= 15 is 0 Å². The number of halogens is 1. The molecule has 7 heteroatoms. The number of hydrogen-bond donors (Lipinski definition) is 0. The molecule has 2 saturated heterocycles. The van der Waals surface area contributed by atoms with Crippen molar-refractivity contribution in [3.63, 3.8) is 0 Å². The van der Waals surface area contributed by atoms with Crippen LogP contribution in [0.2, 0.25) is 0 Å². The smallest absolute Gasteiger partial charge is 0.257 e. The molecule has 3 heterocycles. The lowest BCUT2D eigenvalue weighted by Gasteiger charge is -2.37. The second-order valence-corrected chi connectivity index (χ2v) is 6.65. The standard InChI is InChI=1S/C19H22FN3O3/c1-2-17-16(13-21-23(17)15-5-3-14(20)4-6-15)18(24)22-9-7-19(8-10-22)25-11-12-26-19/h3-6,13H,2,7-12H2,1H3. The summed E-state index contributed by atoms with van der Waals surface area (Å²) in [4.78, 5) is 14.8. The third kappa shape index (κ3) is 3.01. The van der Waals surface area contributed by atoms with Crippen LogP contribution in [0.5, 0.6) is 0 Å². The fourth-order valence-corrected chi connectivity index (χ4v) is 3.70. The molecule has 6 nitrogen and oxygen atoms in total. The molecule has 2 fully saturated rings. The van der Waals surface area contributed by atoms with E-state index < -0.39 is 5.79 Å². The molecule has 26 heavy (non-hydrogen) atoms. The highest BCUT2D eigenvalue weighted by molar-refractivity contribution is 5.95. The molecular formula is C19H22FN3O3. The highest BCUT2D eigenvalue weighted by Crippen LogP contribution is 2.32. The highest BCUT2D eigenvalue weighted by atomic mass is 19.1.